The van der Waals surface area contributed by atoms with E-state index in [1.165, 1.54) is 6.42 Å². The molecule has 0 spiro atoms. The van der Waals surface area contributed by atoms with Crippen molar-refractivity contribution < 1.29 is 17.8 Å². The summed E-state index contributed by atoms with van der Waals surface area (Å²) in [5.41, 5.74) is 0. The molecule has 0 radical (unpaired) electrons. The first-order valence-corrected chi connectivity index (χ1v) is 6.83. The maximum Gasteiger partial charge on any atom is 0.266 e. The Morgan fingerprint density at radius 3 is 2.40 bits per heavy atom. The van der Waals surface area contributed by atoms with Gasteiger partial charge in [0.2, 0.25) is 5.91 Å². The average Bonchev–Trinajstić information content (AvgIpc) is 2.17. The number of nitrogens with one attached hydrogen (secondary N) is 1. The molecule has 1 rings (SSSR count). The summed E-state index contributed by atoms with van der Waals surface area (Å²) in [5, 5.41) is 2.53. The molecular weight excluding hydrogens is 218 g/mol. The molecule has 6 heteroatoms. The van der Waals surface area contributed by atoms with Crippen LogP contribution in [0.4, 0.5) is 0 Å². The Hall–Kier alpha value is -0.620. The lowest BCUT2D eigenvalue weighted by molar-refractivity contribution is -0.125. The van der Waals surface area contributed by atoms with Gasteiger partial charge in [-0.25, -0.2) is 0 Å². The fraction of sp³-hybridized carbons (Fsp3) is 0.889. The Bertz CT molecular complexity index is 306. The normalized spacial score (nSPS) is 18.7. The first-order chi connectivity index (χ1) is 6.99. The van der Waals surface area contributed by atoms with E-state index in [0.29, 0.717) is 0 Å². The highest BCUT2D eigenvalue weighted by atomic mass is 32.2. The molecule has 1 saturated carbocycles. The van der Waals surface area contributed by atoms with Crippen molar-refractivity contribution in [1.29, 1.82) is 0 Å². The maximum atomic E-state index is 11.5. The molecule has 1 amide bonds. The van der Waals surface area contributed by atoms with Crippen molar-refractivity contribution in [3.05, 3.63) is 0 Å². The first-order valence-electron chi connectivity index (χ1n) is 5.22. The monoisotopic (exact) mass is 235 g/mol. The fourth-order valence-corrected chi connectivity index (χ4v) is 2.17. The molecule has 15 heavy (non-hydrogen) atoms. The predicted molar refractivity (Wildman–Crippen MR) is 56.0 cm³/mol. The number of carbonyl (C=O) groups is 1. The molecule has 5 nitrogen and oxygen atoms in total. The number of hydrogen-bond donors (Lipinski definition) is 2. The highest BCUT2D eigenvalue weighted by molar-refractivity contribution is 7.85. The van der Waals surface area contributed by atoms with Crippen LogP contribution >= 0.6 is 0 Å². The van der Waals surface area contributed by atoms with E-state index in [2.05, 4.69) is 5.32 Å². The lowest BCUT2D eigenvalue weighted by Gasteiger charge is -2.20. The molecule has 0 unspecified atom stereocenters. The van der Waals surface area contributed by atoms with Gasteiger partial charge >= 0.3 is 0 Å². The smallest absolute Gasteiger partial charge is 0.266 e. The number of amides is 1. The van der Waals surface area contributed by atoms with E-state index in [-0.39, 0.29) is 18.4 Å². The number of carbonyl (C=O) groups excluding carboxylic acids is 1. The standard InChI is InChI=1S/C9H17NO4S/c11-9(8-4-2-1-3-5-8)10-6-7-15(12,13)14/h8H,1-7H2,(H,10,11)(H,12,13,14). The summed E-state index contributed by atoms with van der Waals surface area (Å²) in [7, 11) is -3.97. The Morgan fingerprint density at radius 2 is 1.87 bits per heavy atom. The average molecular weight is 235 g/mol. The summed E-state index contributed by atoms with van der Waals surface area (Å²) in [6.07, 6.45) is 5.08. The minimum atomic E-state index is -3.97. The van der Waals surface area contributed by atoms with Crippen LogP contribution in [0.25, 0.3) is 0 Å². The van der Waals surface area contributed by atoms with Crippen LogP contribution in [0.3, 0.4) is 0 Å². The molecule has 0 atom stereocenters. The second-order valence-electron chi connectivity index (χ2n) is 3.91. The van der Waals surface area contributed by atoms with E-state index in [1.807, 2.05) is 0 Å². The molecule has 0 aliphatic heterocycles. The van der Waals surface area contributed by atoms with E-state index < -0.39 is 15.9 Å². The van der Waals surface area contributed by atoms with E-state index >= 15 is 0 Å². The highest BCUT2D eigenvalue weighted by Gasteiger charge is 2.20. The van der Waals surface area contributed by atoms with E-state index in [0.717, 1.165) is 25.7 Å². The van der Waals surface area contributed by atoms with Gasteiger partial charge in [-0.05, 0) is 12.8 Å². The summed E-state index contributed by atoms with van der Waals surface area (Å²) in [4.78, 5) is 11.5. The van der Waals surface area contributed by atoms with Crippen LogP contribution in [0.1, 0.15) is 32.1 Å². The topological polar surface area (TPSA) is 83.5 Å². The predicted octanol–water partition coefficient (Wildman–Crippen LogP) is 0.571. The zero-order valence-electron chi connectivity index (χ0n) is 8.61. The molecule has 0 aromatic rings. The molecule has 0 aromatic carbocycles. The third-order valence-corrected chi connectivity index (χ3v) is 3.36. The second kappa shape index (κ2) is 5.46. The van der Waals surface area contributed by atoms with Crippen molar-refractivity contribution >= 4 is 16.0 Å². The van der Waals surface area contributed by atoms with E-state index in [4.69, 9.17) is 4.55 Å². The fourth-order valence-electron chi connectivity index (χ4n) is 1.81. The molecular formula is C9H17NO4S. The van der Waals surface area contributed by atoms with Crippen LogP contribution in [-0.2, 0) is 14.9 Å². The molecule has 88 valence electrons. The third kappa shape index (κ3) is 5.13. The van der Waals surface area contributed by atoms with Gasteiger partial charge in [0.15, 0.2) is 0 Å². The Kier molecular flexibility index (Phi) is 4.53. The van der Waals surface area contributed by atoms with Crippen molar-refractivity contribution in [2.75, 3.05) is 12.3 Å². The largest absolute Gasteiger partial charge is 0.355 e. The zero-order chi connectivity index (χ0) is 11.3. The summed E-state index contributed by atoms with van der Waals surface area (Å²) < 4.78 is 29.2. The third-order valence-electron chi connectivity index (χ3n) is 2.64. The lowest BCUT2D eigenvalue weighted by atomic mass is 9.89. The Morgan fingerprint density at radius 1 is 1.27 bits per heavy atom. The van der Waals surface area contributed by atoms with Crippen LogP contribution in [0.5, 0.6) is 0 Å². The molecule has 0 aromatic heterocycles. The zero-order valence-corrected chi connectivity index (χ0v) is 9.42. The SMILES string of the molecule is O=C(NCCS(=O)(=O)O)C1CCCCC1. The lowest BCUT2D eigenvalue weighted by Crippen LogP contribution is -2.34. The summed E-state index contributed by atoms with van der Waals surface area (Å²) >= 11 is 0. The quantitative estimate of drug-likeness (QED) is 0.698. The van der Waals surface area contributed by atoms with Gasteiger partial charge in [-0.3, -0.25) is 9.35 Å². The molecule has 0 saturated heterocycles. The van der Waals surface area contributed by atoms with Crippen LogP contribution in [-0.4, -0.2) is 31.2 Å². The Balaban J connectivity index is 2.23. The number of hydrogen-bond acceptors (Lipinski definition) is 3. The van der Waals surface area contributed by atoms with E-state index in [9.17, 15) is 13.2 Å². The maximum absolute atomic E-state index is 11.5. The molecule has 1 aliphatic carbocycles. The van der Waals surface area contributed by atoms with Crippen LogP contribution in [0.15, 0.2) is 0 Å². The van der Waals surface area contributed by atoms with Gasteiger partial charge in [0.05, 0.1) is 5.75 Å². The molecule has 0 heterocycles. The summed E-state index contributed by atoms with van der Waals surface area (Å²) in [6, 6.07) is 0. The van der Waals surface area contributed by atoms with Gasteiger partial charge in [-0.1, -0.05) is 19.3 Å². The van der Waals surface area contributed by atoms with Crippen LogP contribution < -0.4 is 5.32 Å². The minimum absolute atomic E-state index is 0.00579. The Labute approximate surface area is 90.0 Å². The van der Waals surface area contributed by atoms with Gasteiger partial charge in [-0.15, -0.1) is 0 Å². The highest BCUT2D eigenvalue weighted by Crippen LogP contribution is 2.23. The molecule has 0 bridgehead atoms. The van der Waals surface area contributed by atoms with Crippen molar-refractivity contribution in [2.45, 2.75) is 32.1 Å². The van der Waals surface area contributed by atoms with Gasteiger partial charge in [-0.2, -0.15) is 8.42 Å². The van der Waals surface area contributed by atoms with Crippen molar-refractivity contribution in [1.82, 2.24) is 5.32 Å². The minimum Gasteiger partial charge on any atom is -0.355 e. The summed E-state index contributed by atoms with van der Waals surface area (Å²) in [6.45, 7) is -0.00579. The van der Waals surface area contributed by atoms with Gasteiger partial charge in [0.1, 0.15) is 0 Å². The second-order valence-corrected chi connectivity index (χ2v) is 5.48. The summed E-state index contributed by atoms with van der Waals surface area (Å²) in [5.74, 6) is -0.468. The first kappa shape index (κ1) is 12.4. The van der Waals surface area contributed by atoms with Crippen molar-refractivity contribution in [3.8, 4) is 0 Å². The van der Waals surface area contributed by atoms with Gasteiger partial charge < -0.3 is 5.32 Å². The van der Waals surface area contributed by atoms with Crippen LogP contribution in [0, 0.1) is 5.92 Å². The van der Waals surface area contributed by atoms with Crippen molar-refractivity contribution in [3.63, 3.8) is 0 Å². The molecule has 2 N–H and O–H groups in total. The van der Waals surface area contributed by atoms with Crippen LogP contribution in [0.2, 0.25) is 0 Å². The van der Waals surface area contributed by atoms with Gasteiger partial charge in [0, 0.05) is 12.5 Å². The van der Waals surface area contributed by atoms with Crippen molar-refractivity contribution in [2.24, 2.45) is 5.92 Å². The number of rotatable bonds is 4. The van der Waals surface area contributed by atoms with E-state index in [1.54, 1.807) is 0 Å². The van der Waals surface area contributed by atoms with Gasteiger partial charge in [0.25, 0.3) is 10.1 Å². The molecule has 1 fully saturated rings. The molecule has 1 aliphatic rings.